The molecule has 0 aliphatic rings. The van der Waals surface area contributed by atoms with Gasteiger partial charge in [-0.25, -0.2) is 4.79 Å². The lowest BCUT2D eigenvalue weighted by Crippen LogP contribution is -2.22. The maximum absolute atomic E-state index is 12.5. The van der Waals surface area contributed by atoms with Gasteiger partial charge in [0.15, 0.2) is 6.04 Å². The van der Waals surface area contributed by atoms with Gasteiger partial charge in [-0.3, -0.25) is 0 Å². The molecule has 28 heavy (non-hydrogen) atoms. The first-order chi connectivity index (χ1) is 13.3. The number of hydrogen-bond acceptors (Lipinski definition) is 6. The first kappa shape index (κ1) is 21.1. The quantitative estimate of drug-likeness (QED) is 0.679. The first-order valence-corrected chi connectivity index (χ1v) is 9.15. The number of rotatable bonds is 8. The SMILES string of the molecule is COC(=O)C(Nc1ccc(C#N)cc1)c1cc(OC(C)C)cc(OC(C)C)c1. The molecule has 0 aliphatic carbocycles. The second kappa shape index (κ2) is 9.65. The fourth-order valence-corrected chi connectivity index (χ4v) is 2.64. The summed E-state index contributed by atoms with van der Waals surface area (Å²) in [5.41, 5.74) is 1.89. The van der Waals surface area contributed by atoms with Crippen molar-refractivity contribution in [1.82, 2.24) is 0 Å². The molecule has 0 saturated carbocycles. The molecule has 0 radical (unpaired) electrons. The van der Waals surface area contributed by atoms with Crippen LogP contribution in [0.25, 0.3) is 0 Å². The van der Waals surface area contributed by atoms with Crippen LogP contribution in [0.4, 0.5) is 5.69 Å². The van der Waals surface area contributed by atoms with Crippen LogP contribution < -0.4 is 14.8 Å². The molecule has 1 unspecified atom stereocenters. The molecule has 1 atom stereocenters. The zero-order chi connectivity index (χ0) is 20.7. The third-order valence-corrected chi connectivity index (χ3v) is 3.74. The molecule has 6 nitrogen and oxygen atoms in total. The van der Waals surface area contributed by atoms with Gasteiger partial charge in [0.1, 0.15) is 11.5 Å². The van der Waals surface area contributed by atoms with E-state index in [0.717, 1.165) is 0 Å². The summed E-state index contributed by atoms with van der Waals surface area (Å²) in [5.74, 6) is 0.777. The molecule has 2 rings (SSSR count). The van der Waals surface area contributed by atoms with Gasteiger partial charge in [0.05, 0.1) is 31.0 Å². The minimum absolute atomic E-state index is 0.0230. The minimum Gasteiger partial charge on any atom is -0.491 e. The topological polar surface area (TPSA) is 80.6 Å². The summed E-state index contributed by atoms with van der Waals surface area (Å²) in [4.78, 5) is 12.5. The standard InChI is InChI=1S/C22H26N2O4/c1-14(2)27-19-10-17(11-20(12-19)28-15(3)4)21(22(25)26-5)24-18-8-6-16(13-23)7-9-18/h6-12,14-15,21,24H,1-5H3. The van der Waals surface area contributed by atoms with Gasteiger partial charge in [-0.05, 0) is 69.7 Å². The summed E-state index contributed by atoms with van der Waals surface area (Å²) >= 11 is 0. The van der Waals surface area contributed by atoms with E-state index in [1.807, 2.05) is 27.7 Å². The largest absolute Gasteiger partial charge is 0.491 e. The van der Waals surface area contributed by atoms with Gasteiger partial charge in [-0.15, -0.1) is 0 Å². The van der Waals surface area contributed by atoms with Crippen molar-refractivity contribution >= 4 is 11.7 Å². The number of hydrogen-bond donors (Lipinski definition) is 1. The van der Waals surface area contributed by atoms with Crippen molar-refractivity contribution in [3.8, 4) is 17.6 Å². The number of carbonyl (C=O) groups excluding carboxylic acids is 1. The van der Waals surface area contributed by atoms with Gasteiger partial charge >= 0.3 is 5.97 Å². The highest BCUT2D eigenvalue weighted by molar-refractivity contribution is 5.81. The van der Waals surface area contributed by atoms with Gasteiger partial charge < -0.3 is 19.5 Å². The van der Waals surface area contributed by atoms with Crippen molar-refractivity contribution in [2.24, 2.45) is 0 Å². The van der Waals surface area contributed by atoms with E-state index in [9.17, 15) is 4.79 Å². The lowest BCUT2D eigenvalue weighted by molar-refractivity contribution is -0.141. The monoisotopic (exact) mass is 382 g/mol. The zero-order valence-corrected chi connectivity index (χ0v) is 16.9. The number of benzene rings is 2. The molecular formula is C22H26N2O4. The van der Waals surface area contributed by atoms with Crippen LogP contribution in [0.2, 0.25) is 0 Å². The molecule has 2 aromatic carbocycles. The molecule has 0 fully saturated rings. The number of ether oxygens (including phenoxy) is 3. The van der Waals surface area contributed by atoms with Crippen molar-refractivity contribution in [1.29, 1.82) is 5.26 Å². The summed E-state index contributed by atoms with van der Waals surface area (Å²) in [6, 6.07) is 13.6. The highest BCUT2D eigenvalue weighted by Gasteiger charge is 2.23. The Labute approximate surface area is 166 Å². The minimum atomic E-state index is -0.761. The summed E-state index contributed by atoms with van der Waals surface area (Å²) in [5, 5.41) is 12.1. The van der Waals surface area contributed by atoms with Gasteiger partial charge in [-0.2, -0.15) is 5.26 Å². The second-order valence-electron chi connectivity index (χ2n) is 6.86. The van der Waals surface area contributed by atoms with Crippen LogP contribution >= 0.6 is 0 Å². The molecule has 0 heterocycles. The van der Waals surface area contributed by atoms with E-state index in [1.165, 1.54) is 7.11 Å². The molecular weight excluding hydrogens is 356 g/mol. The number of nitriles is 1. The van der Waals surface area contributed by atoms with Gasteiger partial charge in [0.2, 0.25) is 0 Å². The lowest BCUT2D eigenvalue weighted by atomic mass is 10.0. The zero-order valence-electron chi connectivity index (χ0n) is 16.9. The Balaban J connectivity index is 2.42. The summed E-state index contributed by atoms with van der Waals surface area (Å²) in [6.07, 6.45) is -0.0459. The average Bonchev–Trinajstić information content (AvgIpc) is 2.64. The molecule has 0 bridgehead atoms. The summed E-state index contributed by atoms with van der Waals surface area (Å²) in [7, 11) is 1.34. The molecule has 148 valence electrons. The Morgan fingerprint density at radius 2 is 1.50 bits per heavy atom. The van der Waals surface area contributed by atoms with Crippen LogP contribution in [0.5, 0.6) is 11.5 Å². The third-order valence-electron chi connectivity index (χ3n) is 3.74. The average molecular weight is 382 g/mol. The molecule has 6 heteroatoms. The van der Waals surface area contributed by atoms with Crippen molar-refractivity contribution in [3.05, 3.63) is 53.6 Å². The van der Waals surface area contributed by atoms with Crippen LogP contribution in [0, 0.1) is 11.3 Å². The van der Waals surface area contributed by atoms with Crippen LogP contribution in [0.15, 0.2) is 42.5 Å². The van der Waals surface area contributed by atoms with Gasteiger partial charge in [0.25, 0.3) is 0 Å². The maximum atomic E-state index is 12.5. The van der Waals surface area contributed by atoms with Crippen molar-refractivity contribution in [2.45, 2.75) is 45.9 Å². The molecule has 1 N–H and O–H groups in total. The van der Waals surface area contributed by atoms with Gasteiger partial charge in [-0.1, -0.05) is 0 Å². The van der Waals surface area contributed by atoms with E-state index in [1.54, 1.807) is 42.5 Å². The van der Waals surface area contributed by atoms with Crippen LogP contribution in [-0.4, -0.2) is 25.3 Å². The second-order valence-corrected chi connectivity index (χ2v) is 6.86. The molecule has 0 aromatic heterocycles. The first-order valence-electron chi connectivity index (χ1n) is 9.15. The summed E-state index contributed by atoms with van der Waals surface area (Å²) in [6.45, 7) is 7.73. The van der Waals surface area contributed by atoms with E-state index in [-0.39, 0.29) is 12.2 Å². The van der Waals surface area contributed by atoms with Crippen molar-refractivity contribution < 1.29 is 19.0 Å². The van der Waals surface area contributed by atoms with Crippen LogP contribution in [-0.2, 0) is 9.53 Å². The predicted molar refractivity (Wildman–Crippen MR) is 108 cm³/mol. The van der Waals surface area contributed by atoms with E-state index < -0.39 is 12.0 Å². The van der Waals surface area contributed by atoms with E-state index >= 15 is 0 Å². The van der Waals surface area contributed by atoms with E-state index in [4.69, 9.17) is 19.5 Å². The number of nitrogens with one attached hydrogen (secondary N) is 1. The normalized spacial score (nSPS) is 11.6. The molecule has 0 spiro atoms. The number of esters is 1. The van der Waals surface area contributed by atoms with E-state index in [2.05, 4.69) is 11.4 Å². The number of anilines is 1. The Bertz CT molecular complexity index is 810. The highest BCUT2D eigenvalue weighted by Crippen LogP contribution is 2.30. The predicted octanol–water partition coefficient (Wildman–Crippen LogP) is 4.46. The Morgan fingerprint density at radius 3 is 1.93 bits per heavy atom. The van der Waals surface area contributed by atoms with Gasteiger partial charge in [0, 0.05) is 11.8 Å². The van der Waals surface area contributed by atoms with Crippen molar-refractivity contribution in [2.75, 3.05) is 12.4 Å². The Morgan fingerprint density at radius 1 is 0.964 bits per heavy atom. The number of nitrogens with zero attached hydrogens (tertiary/aromatic N) is 1. The maximum Gasteiger partial charge on any atom is 0.332 e. The highest BCUT2D eigenvalue weighted by atomic mass is 16.5. The Hall–Kier alpha value is -3.20. The lowest BCUT2D eigenvalue weighted by Gasteiger charge is -2.21. The molecule has 0 aliphatic heterocycles. The fourth-order valence-electron chi connectivity index (χ4n) is 2.64. The molecule has 2 aromatic rings. The van der Waals surface area contributed by atoms with Crippen molar-refractivity contribution in [3.63, 3.8) is 0 Å². The molecule has 0 saturated heterocycles. The number of carbonyl (C=O) groups is 1. The van der Waals surface area contributed by atoms with Crippen LogP contribution in [0.3, 0.4) is 0 Å². The van der Waals surface area contributed by atoms with Crippen LogP contribution in [0.1, 0.15) is 44.9 Å². The smallest absolute Gasteiger partial charge is 0.332 e. The van der Waals surface area contributed by atoms with E-state index in [0.29, 0.717) is 28.3 Å². The Kier molecular flexibility index (Phi) is 7.28. The summed E-state index contributed by atoms with van der Waals surface area (Å²) < 4.78 is 16.6. The number of methoxy groups -OCH3 is 1. The fraction of sp³-hybridized carbons (Fsp3) is 0.364. The molecule has 0 amide bonds. The third kappa shape index (κ3) is 5.92.